The molecule has 0 aromatic heterocycles. The summed E-state index contributed by atoms with van der Waals surface area (Å²) in [6, 6.07) is 0. The molecule has 0 aromatic rings. The summed E-state index contributed by atoms with van der Waals surface area (Å²) < 4.78 is 0. The first-order valence-electron chi connectivity index (χ1n) is 6.88. The third kappa shape index (κ3) is 3.51. The van der Waals surface area contributed by atoms with E-state index < -0.39 is 22.9 Å². The number of nitrogens with zero attached hydrogens (tertiary/aromatic N) is 2. The molecule has 0 saturated carbocycles. The first kappa shape index (κ1) is 18.5. The average molecular weight is 286 g/mol. The minimum atomic E-state index is -1.06. The van der Waals surface area contributed by atoms with Crippen molar-refractivity contribution in [1.82, 2.24) is 10.9 Å². The summed E-state index contributed by atoms with van der Waals surface area (Å²) in [5, 5.41) is 8.33. The van der Waals surface area contributed by atoms with Crippen molar-refractivity contribution in [1.29, 1.82) is 0 Å². The standard InChI is InChI=1S/C12H26N6O2/c1-5-11(6-2,9(19)15-13)17-18-12(7-3,8-4)10(20)16-14/h5-8,13-14H2,1-4H3,(H,15,19)(H,16,20). The van der Waals surface area contributed by atoms with E-state index >= 15 is 0 Å². The summed E-state index contributed by atoms with van der Waals surface area (Å²) >= 11 is 0. The van der Waals surface area contributed by atoms with Gasteiger partial charge in [-0.15, -0.1) is 0 Å². The first-order chi connectivity index (χ1) is 9.41. The maximum absolute atomic E-state index is 11.9. The number of nitrogens with two attached hydrogens (primary N) is 2. The lowest BCUT2D eigenvalue weighted by Gasteiger charge is -2.28. The molecule has 0 aliphatic heterocycles. The molecule has 0 aliphatic rings. The second-order valence-electron chi connectivity index (χ2n) is 4.62. The average Bonchev–Trinajstić information content (AvgIpc) is 2.51. The van der Waals surface area contributed by atoms with Crippen LogP contribution in [0.25, 0.3) is 0 Å². The van der Waals surface area contributed by atoms with Crippen molar-refractivity contribution < 1.29 is 9.59 Å². The Morgan fingerprint density at radius 1 is 0.800 bits per heavy atom. The van der Waals surface area contributed by atoms with Crippen molar-refractivity contribution in [2.45, 2.75) is 64.5 Å². The van der Waals surface area contributed by atoms with Gasteiger partial charge in [0.1, 0.15) is 0 Å². The molecule has 8 heteroatoms. The summed E-state index contributed by atoms with van der Waals surface area (Å²) in [5.74, 6) is 9.57. The second-order valence-corrected chi connectivity index (χ2v) is 4.62. The van der Waals surface area contributed by atoms with E-state index in [9.17, 15) is 9.59 Å². The number of hydrogen-bond acceptors (Lipinski definition) is 6. The highest BCUT2D eigenvalue weighted by Gasteiger charge is 2.39. The fraction of sp³-hybridized carbons (Fsp3) is 0.833. The Kier molecular flexibility index (Phi) is 7.30. The molecule has 0 rings (SSSR count). The zero-order valence-electron chi connectivity index (χ0n) is 12.7. The molecule has 0 heterocycles. The van der Waals surface area contributed by atoms with E-state index in [0.29, 0.717) is 25.7 Å². The van der Waals surface area contributed by atoms with Crippen LogP contribution in [0.15, 0.2) is 10.2 Å². The lowest BCUT2D eigenvalue weighted by atomic mass is 9.91. The quantitative estimate of drug-likeness (QED) is 0.224. The molecule has 8 nitrogen and oxygen atoms in total. The van der Waals surface area contributed by atoms with Gasteiger partial charge in [-0.2, -0.15) is 10.2 Å². The highest BCUT2D eigenvalue weighted by atomic mass is 16.2. The second kappa shape index (κ2) is 7.91. The van der Waals surface area contributed by atoms with E-state index in [1.807, 2.05) is 27.7 Å². The lowest BCUT2D eigenvalue weighted by molar-refractivity contribution is -0.129. The fourth-order valence-corrected chi connectivity index (χ4v) is 1.98. The van der Waals surface area contributed by atoms with E-state index in [1.54, 1.807) is 0 Å². The van der Waals surface area contributed by atoms with Gasteiger partial charge in [0.15, 0.2) is 11.1 Å². The highest BCUT2D eigenvalue weighted by molar-refractivity contribution is 5.87. The number of carbonyl (C=O) groups excluding carboxylic acids is 2. The Hall–Kier alpha value is -1.54. The third-order valence-electron chi connectivity index (χ3n) is 3.88. The summed E-state index contributed by atoms with van der Waals surface area (Å²) in [4.78, 5) is 23.8. The van der Waals surface area contributed by atoms with Gasteiger partial charge >= 0.3 is 0 Å². The van der Waals surface area contributed by atoms with Crippen LogP contribution in [-0.2, 0) is 9.59 Å². The minimum absolute atomic E-state index is 0.416. The number of hydrazine groups is 2. The molecule has 0 fully saturated rings. The van der Waals surface area contributed by atoms with Gasteiger partial charge in [0, 0.05) is 0 Å². The number of rotatable bonds is 8. The van der Waals surface area contributed by atoms with E-state index in [0.717, 1.165) is 0 Å². The topological polar surface area (TPSA) is 135 Å². The molecule has 116 valence electrons. The molecule has 2 amide bonds. The summed E-state index contributed by atoms with van der Waals surface area (Å²) in [6.45, 7) is 7.28. The zero-order chi connectivity index (χ0) is 15.8. The third-order valence-corrected chi connectivity index (χ3v) is 3.88. The smallest absolute Gasteiger partial charge is 0.263 e. The number of amides is 2. The summed E-state index contributed by atoms with van der Waals surface area (Å²) in [5.41, 5.74) is 2.10. The molecule has 0 bridgehead atoms. The van der Waals surface area contributed by atoms with Crippen LogP contribution in [0, 0.1) is 0 Å². The van der Waals surface area contributed by atoms with Crippen LogP contribution in [-0.4, -0.2) is 22.9 Å². The van der Waals surface area contributed by atoms with Gasteiger partial charge in [-0.25, -0.2) is 11.7 Å². The summed E-state index contributed by atoms with van der Waals surface area (Å²) in [6.07, 6.45) is 1.74. The highest BCUT2D eigenvalue weighted by Crippen LogP contribution is 2.27. The molecule has 0 spiro atoms. The van der Waals surface area contributed by atoms with Crippen LogP contribution in [0.2, 0.25) is 0 Å². The Bertz CT molecular complexity index is 327. The normalized spacial score (nSPS) is 12.5. The number of carbonyl (C=O) groups is 2. The van der Waals surface area contributed by atoms with Crippen LogP contribution >= 0.6 is 0 Å². The first-order valence-corrected chi connectivity index (χ1v) is 6.88. The molecule has 0 aliphatic carbocycles. The van der Waals surface area contributed by atoms with Gasteiger partial charge in [-0.3, -0.25) is 20.4 Å². The van der Waals surface area contributed by atoms with Gasteiger partial charge in [0.2, 0.25) is 0 Å². The van der Waals surface area contributed by atoms with Gasteiger partial charge in [-0.1, -0.05) is 27.7 Å². The van der Waals surface area contributed by atoms with Crippen molar-refractivity contribution in [3.63, 3.8) is 0 Å². The largest absolute Gasteiger partial charge is 0.292 e. The van der Waals surface area contributed by atoms with Crippen LogP contribution in [0.1, 0.15) is 53.4 Å². The minimum Gasteiger partial charge on any atom is -0.292 e. The van der Waals surface area contributed by atoms with E-state index in [4.69, 9.17) is 11.7 Å². The molecule has 0 radical (unpaired) electrons. The number of nitrogens with one attached hydrogen (secondary N) is 2. The number of hydrogen-bond donors (Lipinski definition) is 4. The Morgan fingerprint density at radius 3 is 1.20 bits per heavy atom. The van der Waals surface area contributed by atoms with Crippen molar-refractivity contribution in [2.75, 3.05) is 0 Å². The maximum Gasteiger partial charge on any atom is 0.263 e. The number of azo groups is 1. The molecular formula is C12H26N6O2. The monoisotopic (exact) mass is 286 g/mol. The molecule has 0 saturated heterocycles. The van der Waals surface area contributed by atoms with Crippen molar-refractivity contribution in [3.05, 3.63) is 0 Å². The van der Waals surface area contributed by atoms with Crippen LogP contribution < -0.4 is 22.5 Å². The zero-order valence-corrected chi connectivity index (χ0v) is 12.7. The predicted molar refractivity (Wildman–Crippen MR) is 76.1 cm³/mol. The molecule has 6 N–H and O–H groups in total. The van der Waals surface area contributed by atoms with Gasteiger partial charge in [-0.05, 0) is 25.7 Å². The molecule has 0 unspecified atom stereocenters. The molecule has 0 atom stereocenters. The Morgan fingerprint density at radius 2 is 1.05 bits per heavy atom. The van der Waals surface area contributed by atoms with Gasteiger partial charge in [0.25, 0.3) is 11.8 Å². The fourth-order valence-electron chi connectivity index (χ4n) is 1.98. The Balaban J connectivity index is 5.57. The van der Waals surface area contributed by atoms with Crippen molar-refractivity contribution in [3.8, 4) is 0 Å². The van der Waals surface area contributed by atoms with Crippen LogP contribution in [0.3, 0.4) is 0 Å². The lowest BCUT2D eigenvalue weighted by Crippen LogP contribution is -2.50. The van der Waals surface area contributed by atoms with E-state index in [2.05, 4.69) is 21.1 Å². The van der Waals surface area contributed by atoms with Gasteiger partial charge in [0.05, 0.1) is 0 Å². The van der Waals surface area contributed by atoms with Crippen LogP contribution in [0.4, 0.5) is 0 Å². The Labute approximate surface area is 119 Å². The van der Waals surface area contributed by atoms with E-state index in [1.165, 1.54) is 0 Å². The van der Waals surface area contributed by atoms with Crippen molar-refractivity contribution in [2.24, 2.45) is 21.9 Å². The van der Waals surface area contributed by atoms with Crippen molar-refractivity contribution >= 4 is 11.8 Å². The SMILES string of the molecule is CCC(CC)(N=NC(CC)(CC)C(=O)NN)C(=O)NN. The van der Waals surface area contributed by atoms with E-state index in [-0.39, 0.29) is 0 Å². The molecular weight excluding hydrogens is 260 g/mol. The summed E-state index contributed by atoms with van der Waals surface area (Å²) in [7, 11) is 0. The van der Waals surface area contributed by atoms with Gasteiger partial charge < -0.3 is 0 Å². The maximum atomic E-state index is 11.9. The molecule has 20 heavy (non-hydrogen) atoms. The van der Waals surface area contributed by atoms with Crippen LogP contribution in [0.5, 0.6) is 0 Å². The predicted octanol–water partition coefficient (Wildman–Crippen LogP) is 0.536. The molecule has 0 aromatic carbocycles.